The number of carbonyl (C=O) groups excluding carboxylic acids is 2. The average molecular weight is 298 g/mol. The lowest BCUT2D eigenvalue weighted by Crippen LogP contribution is -2.21. The Hall–Kier alpha value is -1.47. The van der Waals surface area contributed by atoms with Gasteiger partial charge in [-0.1, -0.05) is 19.6 Å². The summed E-state index contributed by atoms with van der Waals surface area (Å²) in [7, 11) is 0.131. The van der Waals surface area contributed by atoms with E-state index in [2.05, 4.69) is 34.3 Å². The monoisotopic (exact) mass is 298 g/mol. The molecule has 0 saturated carbocycles. The van der Waals surface area contributed by atoms with Crippen LogP contribution in [0.25, 0.3) is 0 Å². The Kier molecular flexibility index (Phi) is 5.64. The number of H-pyrrole nitrogens is 1. The molecule has 1 aromatic rings. The number of ketones is 1. The van der Waals surface area contributed by atoms with Crippen LogP contribution in [0.1, 0.15) is 33.7 Å². The molecule has 6 nitrogen and oxygen atoms in total. The summed E-state index contributed by atoms with van der Waals surface area (Å²) < 4.78 is 10.2. The topological polar surface area (TPSA) is 81.3 Å². The molecule has 1 aromatic heterocycles. The van der Waals surface area contributed by atoms with Gasteiger partial charge in [-0.05, 0) is 6.04 Å². The highest BCUT2D eigenvalue weighted by atomic mass is 28.3. The van der Waals surface area contributed by atoms with Gasteiger partial charge >= 0.3 is 5.97 Å². The fraction of sp³-hybridized carbons (Fsp3) is 0.615. The minimum atomic E-state index is -1.15. The molecule has 20 heavy (non-hydrogen) atoms. The van der Waals surface area contributed by atoms with Crippen LogP contribution in [0.3, 0.4) is 0 Å². The Labute approximate surface area is 119 Å². The number of hydrogen-bond acceptors (Lipinski definition) is 5. The Balaban J connectivity index is 2.72. The third-order valence-corrected chi connectivity index (χ3v) is 4.44. The van der Waals surface area contributed by atoms with Gasteiger partial charge in [-0.2, -0.15) is 0 Å². The van der Waals surface area contributed by atoms with E-state index in [9.17, 15) is 9.59 Å². The Morgan fingerprint density at radius 3 is 2.45 bits per heavy atom. The van der Waals surface area contributed by atoms with Gasteiger partial charge in [0, 0.05) is 21.6 Å². The van der Waals surface area contributed by atoms with E-state index in [4.69, 9.17) is 4.74 Å². The maximum absolute atomic E-state index is 11.6. The van der Waals surface area contributed by atoms with Crippen molar-refractivity contribution in [2.24, 2.45) is 0 Å². The number of nitrogens with one attached hydrogen (secondary N) is 1. The van der Waals surface area contributed by atoms with Gasteiger partial charge in [0.25, 0.3) is 0 Å². The van der Waals surface area contributed by atoms with Crippen LogP contribution in [0.15, 0.2) is 0 Å². The van der Waals surface area contributed by atoms with E-state index >= 15 is 0 Å². The minimum absolute atomic E-state index is 0.116. The molecular formula is C13H22N2O4Si. The molecule has 0 radical (unpaired) electrons. The van der Waals surface area contributed by atoms with Gasteiger partial charge in [-0.25, -0.2) is 9.78 Å². The van der Waals surface area contributed by atoms with Gasteiger partial charge in [-0.3, -0.25) is 4.79 Å². The number of aromatic amines is 1. The van der Waals surface area contributed by atoms with Crippen molar-refractivity contribution in [3.8, 4) is 0 Å². The summed E-state index contributed by atoms with van der Waals surface area (Å²) in [6.07, 6.45) is 0. The number of hydrogen-bond donors (Lipinski definition) is 1. The van der Waals surface area contributed by atoms with Gasteiger partial charge in [0.05, 0.1) is 19.4 Å². The molecule has 0 saturated heterocycles. The highest BCUT2D eigenvalue weighted by Gasteiger charge is 2.20. The number of aromatic nitrogens is 2. The fourth-order valence-corrected chi connectivity index (χ4v) is 2.26. The number of ether oxygens (including phenoxy) is 2. The number of nitrogens with zero attached hydrogens (tertiary/aromatic N) is 1. The summed E-state index contributed by atoms with van der Waals surface area (Å²) in [6, 6.07) is 1.04. The van der Waals surface area contributed by atoms with Crippen LogP contribution in [0, 0.1) is 0 Å². The molecule has 0 atom stereocenters. The molecular weight excluding hydrogens is 276 g/mol. The number of rotatable bonds is 7. The molecule has 0 amide bonds. The van der Waals surface area contributed by atoms with Crippen LogP contribution in [-0.4, -0.2) is 43.5 Å². The largest absolute Gasteiger partial charge is 0.464 e. The van der Waals surface area contributed by atoms with E-state index in [1.165, 1.54) is 14.0 Å². The zero-order chi connectivity index (χ0) is 15.3. The molecule has 0 aliphatic carbocycles. The molecule has 1 rings (SSSR count). The molecule has 1 N–H and O–H groups in total. The second kappa shape index (κ2) is 6.80. The highest BCUT2D eigenvalue weighted by Crippen LogP contribution is 2.12. The second-order valence-electron chi connectivity index (χ2n) is 5.82. The van der Waals surface area contributed by atoms with Crippen LogP contribution in [0.4, 0.5) is 0 Å². The average Bonchev–Trinajstić information content (AvgIpc) is 2.77. The molecule has 0 aromatic carbocycles. The van der Waals surface area contributed by atoms with Crippen molar-refractivity contribution in [2.45, 2.75) is 39.2 Å². The van der Waals surface area contributed by atoms with Crippen molar-refractivity contribution in [3.05, 3.63) is 17.2 Å². The summed E-state index contributed by atoms with van der Waals surface area (Å²) in [6.45, 7) is 9.02. The first-order chi connectivity index (χ1) is 9.24. The summed E-state index contributed by atoms with van der Waals surface area (Å²) in [5.41, 5.74) is 0.600. The number of esters is 1. The van der Waals surface area contributed by atoms with E-state index < -0.39 is 14.0 Å². The van der Waals surface area contributed by atoms with E-state index in [1.54, 1.807) is 0 Å². The van der Waals surface area contributed by atoms with Crippen LogP contribution in [0.2, 0.25) is 25.7 Å². The zero-order valence-corrected chi connectivity index (χ0v) is 13.7. The molecule has 0 unspecified atom stereocenters. The van der Waals surface area contributed by atoms with E-state index in [1.807, 2.05) is 0 Å². The number of carbonyl (C=O) groups is 2. The van der Waals surface area contributed by atoms with Crippen molar-refractivity contribution >= 4 is 19.8 Å². The van der Waals surface area contributed by atoms with Gasteiger partial charge in [-0.15, -0.1) is 0 Å². The van der Waals surface area contributed by atoms with E-state index in [-0.39, 0.29) is 23.9 Å². The maximum atomic E-state index is 11.6. The predicted molar refractivity (Wildman–Crippen MR) is 77.7 cm³/mol. The fourth-order valence-electron chi connectivity index (χ4n) is 1.50. The smallest absolute Gasteiger partial charge is 0.358 e. The van der Waals surface area contributed by atoms with Crippen molar-refractivity contribution in [3.63, 3.8) is 0 Å². The molecule has 0 bridgehead atoms. The lowest BCUT2D eigenvalue weighted by molar-refractivity contribution is 0.0586. The van der Waals surface area contributed by atoms with Crippen molar-refractivity contribution in [2.75, 3.05) is 13.7 Å². The van der Waals surface area contributed by atoms with Crippen molar-refractivity contribution in [1.29, 1.82) is 0 Å². The molecule has 0 fully saturated rings. The summed E-state index contributed by atoms with van der Waals surface area (Å²) in [5.74, 6) is -0.657. The number of methoxy groups -OCH3 is 1. The minimum Gasteiger partial charge on any atom is -0.464 e. The normalized spacial score (nSPS) is 11.4. The van der Waals surface area contributed by atoms with Gasteiger partial charge < -0.3 is 14.5 Å². The van der Waals surface area contributed by atoms with Crippen LogP contribution < -0.4 is 0 Å². The third-order valence-electron chi connectivity index (χ3n) is 2.73. The molecule has 7 heteroatoms. The Bertz CT molecular complexity index is 491. The second-order valence-corrected chi connectivity index (χ2v) is 11.4. The summed E-state index contributed by atoms with van der Waals surface area (Å²) in [5, 5.41) is 0. The van der Waals surface area contributed by atoms with E-state index in [0.717, 1.165) is 6.04 Å². The van der Waals surface area contributed by atoms with Crippen LogP contribution in [-0.2, 0) is 16.1 Å². The Morgan fingerprint density at radius 2 is 1.95 bits per heavy atom. The Morgan fingerprint density at radius 1 is 1.30 bits per heavy atom. The number of Topliss-reactive ketones (excluding diaryl/α,β-unsaturated/α-hetero) is 1. The molecule has 0 spiro atoms. The molecule has 1 heterocycles. The molecule has 112 valence electrons. The predicted octanol–water partition coefficient (Wildman–Crippen LogP) is 2.25. The molecule has 0 aliphatic rings. The van der Waals surface area contributed by atoms with Gasteiger partial charge in [0.2, 0.25) is 0 Å². The standard InChI is InChI=1S/C13H22N2O4Si/c1-9(16)12-14-10(11(15-12)13(17)18-2)8-19-6-7-20(3,4)5/h6-8H2,1-5H3,(H,14,15). The lowest BCUT2D eigenvalue weighted by Gasteiger charge is -2.15. The number of imidazole rings is 1. The van der Waals surface area contributed by atoms with Gasteiger partial charge in [0.1, 0.15) is 0 Å². The van der Waals surface area contributed by atoms with Crippen molar-refractivity contribution in [1.82, 2.24) is 9.97 Å². The van der Waals surface area contributed by atoms with Crippen LogP contribution in [0.5, 0.6) is 0 Å². The molecule has 0 aliphatic heterocycles. The van der Waals surface area contributed by atoms with Crippen molar-refractivity contribution < 1.29 is 19.1 Å². The third kappa shape index (κ3) is 4.90. The SMILES string of the molecule is COC(=O)c1nc(C(C)=O)[nH]c1COCC[Si](C)(C)C. The zero-order valence-electron chi connectivity index (χ0n) is 12.7. The summed E-state index contributed by atoms with van der Waals surface area (Å²) >= 11 is 0. The highest BCUT2D eigenvalue weighted by molar-refractivity contribution is 6.76. The quantitative estimate of drug-likeness (QED) is 0.361. The van der Waals surface area contributed by atoms with Gasteiger partial charge in [0.15, 0.2) is 17.3 Å². The lowest BCUT2D eigenvalue weighted by atomic mass is 10.3. The first-order valence-electron chi connectivity index (χ1n) is 6.50. The van der Waals surface area contributed by atoms with Crippen LogP contribution >= 0.6 is 0 Å². The summed E-state index contributed by atoms with van der Waals surface area (Å²) in [4.78, 5) is 29.7. The van der Waals surface area contributed by atoms with E-state index in [0.29, 0.717) is 12.3 Å². The maximum Gasteiger partial charge on any atom is 0.358 e. The first-order valence-corrected chi connectivity index (χ1v) is 10.2. The first kappa shape index (κ1) is 16.6.